The zero-order valence-corrected chi connectivity index (χ0v) is 10.1. The van der Waals surface area contributed by atoms with E-state index in [2.05, 4.69) is 0 Å². The molecule has 0 saturated heterocycles. The smallest absolute Gasteiger partial charge is 0.208 e. The first-order valence-corrected chi connectivity index (χ1v) is 6.43. The Balaban J connectivity index is 2.79. The molecule has 1 unspecified atom stereocenters. The Morgan fingerprint density at radius 2 is 1.72 bits per heavy atom. The molecule has 18 heavy (non-hydrogen) atoms. The predicted octanol–water partition coefficient (Wildman–Crippen LogP) is 2.44. The summed E-state index contributed by atoms with van der Waals surface area (Å²) in [6, 6.07) is 2.52. The topological polar surface area (TPSA) is 46.2 Å². The van der Waals surface area contributed by atoms with Crippen LogP contribution in [0, 0.1) is 5.82 Å². The second-order valence-electron chi connectivity index (χ2n) is 3.80. The molecule has 0 aliphatic rings. The van der Waals surface area contributed by atoms with Gasteiger partial charge in [-0.05, 0) is 31.2 Å². The molecule has 1 atom stereocenters. The Morgan fingerprint density at radius 1 is 1.22 bits per heavy atom. The van der Waals surface area contributed by atoms with Gasteiger partial charge in [-0.15, -0.1) is 0 Å². The third kappa shape index (κ3) is 4.61. The molecule has 1 N–H and O–H groups in total. The molecule has 0 aliphatic carbocycles. The molecule has 0 heterocycles. The van der Waals surface area contributed by atoms with E-state index in [4.69, 9.17) is 0 Å². The van der Waals surface area contributed by atoms with Gasteiger partial charge in [0.25, 0.3) is 0 Å². The standard InChI is InChI=1S/C10H11F4NO2S/c1-7(6-10(12,13)14)15-18(16,17)9-4-2-8(11)3-5-9/h2-5,7,15H,6H2,1H3. The third-order valence-corrected chi connectivity index (χ3v) is 3.62. The van der Waals surface area contributed by atoms with E-state index < -0.39 is 34.5 Å². The average Bonchev–Trinajstić information content (AvgIpc) is 2.13. The van der Waals surface area contributed by atoms with Gasteiger partial charge in [0.1, 0.15) is 5.82 Å². The lowest BCUT2D eigenvalue weighted by atomic mass is 10.2. The van der Waals surface area contributed by atoms with Gasteiger partial charge < -0.3 is 0 Å². The van der Waals surface area contributed by atoms with Gasteiger partial charge in [0.2, 0.25) is 10.0 Å². The van der Waals surface area contributed by atoms with Crippen molar-refractivity contribution in [1.29, 1.82) is 0 Å². The van der Waals surface area contributed by atoms with Crippen molar-refractivity contribution in [2.24, 2.45) is 0 Å². The van der Waals surface area contributed by atoms with Crippen LogP contribution in [0.25, 0.3) is 0 Å². The van der Waals surface area contributed by atoms with E-state index in [0.29, 0.717) is 0 Å². The van der Waals surface area contributed by atoms with Crippen molar-refractivity contribution >= 4 is 10.0 Å². The molecule has 0 spiro atoms. The van der Waals surface area contributed by atoms with Gasteiger partial charge in [-0.1, -0.05) is 0 Å². The van der Waals surface area contributed by atoms with Crippen LogP contribution in [-0.4, -0.2) is 20.6 Å². The normalized spacial score (nSPS) is 14.5. The monoisotopic (exact) mass is 285 g/mol. The second kappa shape index (κ2) is 5.23. The molecule has 1 rings (SSSR count). The van der Waals surface area contributed by atoms with Crippen LogP contribution >= 0.6 is 0 Å². The summed E-state index contributed by atoms with van der Waals surface area (Å²) in [6.45, 7) is 1.11. The van der Waals surface area contributed by atoms with Crippen molar-refractivity contribution < 1.29 is 26.0 Å². The fourth-order valence-electron chi connectivity index (χ4n) is 1.34. The van der Waals surface area contributed by atoms with Gasteiger partial charge in [-0.2, -0.15) is 13.2 Å². The molecular formula is C10H11F4NO2S. The van der Waals surface area contributed by atoms with Crippen molar-refractivity contribution in [2.75, 3.05) is 0 Å². The van der Waals surface area contributed by atoms with Gasteiger partial charge in [-0.25, -0.2) is 17.5 Å². The van der Waals surface area contributed by atoms with Gasteiger partial charge in [0, 0.05) is 6.04 Å². The lowest BCUT2D eigenvalue weighted by molar-refractivity contribution is -0.137. The van der Waals surface area contributed by atoms with Crippen LogP contribution in [0.3, 0.4) is 0 Å². The summed E-state index contributed by atoms with van der Waals surface area (Å²) in [6.07, 6.45) is -5.72. The number of rotatable bonds is 4. The summed E-state index contributed by atoms with van der Waals surface area (Å²) in [7, 11) is -4.07. The number of sulfonamides is 1. The molecule has 0 aromatic heterocycles. The van der Waals surface area contributed by atoms with Gasteiger partial charge >= 0.3 is 6.18 Å². The lowest BCUT2D eigenvalue weighted by Crippen LogP contribution is -2.35. The summed E-state index contributed by atoms with van der Waals surface area (Å²) < 4.78 is 73.9. The minimum atomic E-state index is -4.45. The molecule has 0 aliphatic heterocycles. The summed E-state index contributed by atoms with van der Waals surface area (Å²) in [5.74, 6) is -0.628. The maximum atomic E-state index is 12.6. The van der Waals surface area contributed by atoms with E-state index in [0.717, 1.165) is 31.2 Å². The van der Waals surface area contributed by atoms with E-state index in [9.17, 15) is 26.0 Å². The number of hydrogen-bond acceptors (Lipinski definition) is 2. The molecular weight excluding hydrogens is 274 g/mol. The van der Waals surface area contributed by atoms with Crippen molar-refractivity contribution in [3.8, 4) is 0 Å². The van der Waals surface area contributed by atoms with Gasteiger partial charge in [-0.3, -0.25) is 0 Å². The molecule has 8 heteroatoms. The molecule has 102 valence electrons. The number of benzene rings is 1. The summed E-state index contributed by atoms with van der Waals surface area (Å²) in [5.41, 5.74) is 0. The Bertz CT molecular complexity index is 496. The zero-order chi connectivity index (χ0) is 14.0. The van der Waals surface area contributed by atoms with E-state index in [1.54, 1.807) is 0 Å². The van der Waals surface area contributed by atoms with E-state index >= 15 is 0 Å². The summed E-state index contributed by atoms with van der Waals surface area (Å²) in [5, 5.41) is 0. The van der Waals surface area contributed by atoms with Crippen molar-refractivity contribution in [2.45, 2.75) is 30.5 Å². The average molecular weight is 285 g/mol. The van der Waals surface area contributed by atoms with Crippen molar-refractivity contribution in [3.05, 3.63) is 30.1 Å². The summed E-state index contributed by atoms with van der Waals surface area (Å²) in [4.78, 5) is -0.280. The van der Waals surface area contributed by atoms with E-state index in [1.807, 2.05) is 4.72 Å². The molecule has 0 bridgehead atoms. The molecule has 0 fully saturated rings. The van der Waals surface area contributed by atoms with Crippen LogP contribution in [0.5, 0.6) is 0 Å². The minimum Gasteiger partial charge on any atom is -0.208 e. The van der Waals surface area contributed by atoms with Crippen LogP contribution in [0.15, 0.2) is 29.2 Å². The number of hydrogen-bond donors (Lipinski definition) is 1. The quantitative estimate of drug-likeness (QED) is 0.864. The molecule has 1 aromatic rings. The number of halogens is 4. The van der Waals surface area contributed by atoms with Crippen molar-refractivity contribution in [3.63, 3.8) is 0 Å². The summed E-state index contributed by atoms with van der Waals surface area (Å²) >= 11 is 0. The Labute approximate surface area is 102 Å². The Morgan fingerprint density at radius 3 is 2.17 bits per heavy atom. The first kappa shape index (κ1) is 14.9. The highest BCUT2D eigenvalue weighted by atomic mass is 32.2. The highest BCUT2D eigenvalue weighted by Crippen LogP contribution is 2.22. The van der Waals surface area contributed by atoms with Crippen LogP contribution in [0.1, 0.15) is 13.3 Å². The number of alkyl halides is 3. The highest BCUT2D eigenvalue weighted by molar-refractivity contribution is 7.89. The molecule has 0 amide bonds. The van der Waals surface area contributed by atoms with Crippen LogP contribution in [0.4, 0.5) is 17.6 Å². The fraction of sp³-hybridized carbons (Fsp3) is 0.400. The van der Waals surface area contributed by atoms with Crippen LogP contribution in [0.2, 0.25) is 0 Å². The van der Waals surface area contributed by atoms with E-state index in [1.165, 1.54) is 0 Å². The maximum Gasteiger partial charge on any atom is 0.390 e. The maximum absolute atomic E-state index is 12.6. The Hall–Kier alpha value is -1.15. The molecule has 0 saturated carbocycles. The third-order valence-electron chi connectivity index (χ3n) is 2.02. The molecule has 0 radical (unpaired) electrons. The fourth-order valence-corrected chi connectivity index (χ4v) is 2.58. The van der Waals surface area contributed by atoms with E-state index in [-0.39, 0.29) is 4.90 Å². The Kier molecular flexibility index (Phi) is 4.33. The first-order chi connectivity index (χ1) is 8.10. The van der Waals surface area contributed by atoms with Crippen molar-refractivity contribution in [1.82, 2.24) is 4.72 Å². The number of nitrogens with one attached hydrogen (secondary N) is 1. The first-order valence-electron chi connectivity index (χ1n) is 4.95. The van der Waals surface area contributed by atoms with Gasteiger partial charge in [0.15, 0.2) is 0 Å². The molecule has 1 aromatic carbocycles. The van der Waals surface area contributed by atoms with Gasteiger partial charge in [0.05, 0.1) is 11.3 Å². The van der Waals surface area contributed by atoms with Crippen LogP contribution < -0.4 is 4.72 Å². The SMILES string of the molecule is CC(CC(F)(F)F)NS(=O)(=O)c1ccc(F)cc1. The largest absolute Gasteiger partial charge is 0.390 e. The second-order valence-corrected chi connectivity index (χ2v) is 5.51. The predicted molar refractivity (Wildman–Crippen MR) is 56.9 cm³/mol. The molecule has 3 nitrogen and oxygen atoms in total. The zero-order valence-electron chi connectivity index (χ0n) is 9.33. The lowest BCUT2D eigenvalue weighted by Gasteiger charge is -2.15. The minimum absolute atomic E-state index is 0.280. The highest BCUT2D eigenvalue weighted by Gasteiger charge is 2.31. The van der Waals surface area contributed by atoms with Crippen LogP contribution in [-0.2, 0) is 10.0 Å².